The number of urea groups is 1. The lowest BCUT2D eigenvalue weighted by atomic mass is 10.3. The molecule has 0 aliphatic rings. The van der Waals surface area contributed by atoms with E-state index in [9.17, 15) is 18.0 Å². The molecule has 20 heavy (non-hydrogen) atoms. The second kappa shape index (κ2) is 5.37. The van der Waals surface area contributed by atoms with Crippen molar-refractivity contribution >= 4 is 39.0 Å². The van der Waals surface area contributed by atoms with Gasteiger partial charge in [0, 0.05) is 6.20 Å². The van der Waals surface area contributed by atoms with Crippen molar-refractivity contribution in [1.82, 2.24) is 9.97 Å². The Morgan fingerprint density at radius 2 is 2.15 bits per heavy atom. The van der Waals surface area contributed by atoms with Gasteiger partial charge < -0.3 is 11.1 Å². The van der Waals surface area contributed by atoms with Crippen LogP contribution in [0.25, 0.3) is 10.6 Å². The number of aromatic nitrogens is 2. The molecule has 2 aromatic rings. The monoisotopic (exact) mass is 366 g/mol. The highest BCUT2D eigenvalue weighted by atomic mass is 79.9. The third-order valence-corrected chi connectivity index (χ3v) is 3.76. The molecule has 0 fully saturated rings. The van der Waals surface area contributed by atoms with Crippen LogP contribution in [-0.2, 0) is 6.18 Å². The average Bonchev–Trinajstić information content (AvgIpc) is 2.68. The minimum Gasteiger partial charge on any atom is -0.351 e. The van der Waals surface area contributed by atoms with E-state index >= 15 is 0 Å². The zero-order valence-electron chi connectivity index (χ0n) is 9.53. The van der Waals surface area contributed by atoms with Crippen molar-refractivity contribution in [1.29, 1.82) is 0 Å². The van der Waals surface area contributed by atoms with E-state index in [2.05, 4.69) is 31.2 Å². The van der Waals surface area contributed by atoms with Crippen molar-refractivity contribution in [2.24, 2.45) is 5.73 Å². The average molecular weight is 367 g/mol. The minimum absolute atomic E-state index is 0.0479. The van der Waals surface area contributed by atoms with Crippen molar-refractivity contribution in [3.8, 4) is 10.6 Å². The number of carbonyl (C=O) groups excluding carboxylic acids is 1. The molecule has 0 aliphatic carbocycles. The summed E-state index contributed by atoms with van der Waals surface area (Å²) in [7, 11) is 0. The van der Waals surface area contributed by atoms with E-state index in [0.717, 1.165) is 17.5 Å². The molecule has 0 bridgehead atoms. The zero-order chi connectivity index (χ0) is 14.9. The van der Waals surface area contributed by atoms with Gasteiger partial charge in [-0.2, -0.15) is 13.2 Å². The van der Waals surface area contributed by atoms with E-state index < -0.39 is 18.0 Å². The Kier molecular flexibility index (Phi) is 3.95. The number of nitrogens with two attached hydrogens (primary N) is 1. The highest BCUT2D eigenvalue weighted by Gasteiger charge is 2.35. The summed E-state index contributed by atoms with van der Waals surface area (Å²) in [5.41, 5.74) is 5.33. The Balaban J connectivity index is 2.49. The summed E-state index contributed by atoms with van der Waals surface area (Å²) in [5, 5.41) is 2.33. The topological polar surface area (TPSA) is 80.9 Å². The van der Waals surface area contributed by atoms with Crippen LogP contribution in [0.5, 0.6) is 0 Å². The van der Waals surface area contributed by atoms with Crippen molar-refractivity contribution in [2.75, 3.05) is 5.32 Å². The van der Waals surface area contributed by atoms with Gasteiger partial charge in [-0.05, 0) is 28.1 Å². The Bertz CT molecular complexity index is 658. The normalized spacial score (nSPS) is 11.4. The van der Waals surface area contributed by atoms with Gasteiger partial charge in [-0.15, -0.1) is 11.3 Å². The molecule has 0 spiro atoms. The number of halogens is 4. The van der Waals surface area contributed by atoms with Crippen LogP contribution >= 0.6 is 27.3 Å². The molecule has 10 heteroatoms. The highest BCUT2D eigenvalue weighted by Crippen LogP contribution is 2.39. The van der Waals surface area contributed by atoms with Gasteiger partial charge in [0.05, 0.1) is 20.0 Å². The third kappa shape index (κ3) is 3.25. The molecular formula is C10H6BrF3N4OS. The summed E-state index contributed by atoms with van der Waals surface area (Å²) in [6.07, 6.45) is -3.63. The van der Waals surface area contributed by atoms with Gasteiger partial charge in [-0.3, -0.25) is 0 Å². The Morgan fingerprint density at radius 1 is 1.45 bits per heavy atom. The number of thiophene rings is 1. The second-order valence-corrected chi connectivity index (χ2v) is 5.98. The summed E-state index contributed by atoms with van der Waals surface area (Å²) in [6, 6.07) is 2.03. The van der Waals surface area contributed by atoms with Gasteiger partial charge in [0.25, 0.3) is 0 Å². The number of anilines is 1. The van der Waals surface area contributed by atoms with Crippen LogP contribution in [0.1, 0.15) is 5.82 Å². The summed E-state index contributed by atoms with van der Waals surface area (Å²) in [4.78, 5) is 17.9. The van der Waals surface area contributed by atoms with Gasteiger partial charge in [0.15, 0.2) is 0 Å². The van der Waals surface area contributed by atoms with Gasteiger partial charge >= 0.3 is 12.2 Å². The van der Waals surface area contributed by atoms with E-state index in [4.69, 9.17) is 5.73 Å². The van der Waals surface area contributed by atoms with Crippen LogP contribution in [0, 0.1) is 0 Å². The number of hydrogen-bond donors (Lipinski definition) is 2. The van der Waals surface area contributed by atoms with E-state index in [1.54, 1.807) is 0 Å². The maximum atomic E-state index is 12.6. The molecule has 2 rings (SSSR count). The zero-order valence-corrected chi connectivity index (χ0v) is 11.9. The summed E-state index contributed by atoms with van der Waals surface area (Å²) in [6.45, 7) is 0. The standard InChI is InChI=1S/C10H6BrF3N4OS/c11-6-3-5(18-9(15)19)7(20-6)4-1-2-16-8(17-4)10(12,13)14/h1-3H,(H3,15,18,19). The lowest BCUT2D eigenvalue weighted by molar-refractivity contribution is -0.144. The van der Waals surface area contributed by atoms with Crippen LogP contribution in [-0.4, -0.2) is 16.0 Å². The number of rotatable bonds is 2. The fraction of sp³-hybridized carbons (Fsp3) is 0.100. The molecule has 0 unspecified atom stereocenters. The van der Waals surface area contributed by atoms with Crippen LogP contribution < -0.4 is 11.1 Å². The van der Waals surface area contributed by atoms with Crippen molar-refractivity contribution < 1.29 is 18.0 Å². The lowest BCUT2D eigenvalue weighted by Crippen LogP contribution is -2.19. The maximum absolute atomic E-state index is 12.6. The first-order valence-electron chi connectivity index (χ1n) is 5.04. The van der Waals surface area contributed by atoms with Crippen molar-refractivity contribution in [2.45, 2.75) is 6.18 Å². The number of hydrogen-bond acceptors (Lipinski definition) is 4. The molecule has 5 nitrogen and oxygen atoms in total. The molecule has 0 atom stereocenters. The van der Waals surface area contributed by atoms with Crippen LogP contribution in [0.2, 0.25) is 0 Å². The first kappa shape index (κ1) is 14.7. The minimum atomic E-state index is -4.64. The van der Waals surface area contributed by atoms with Gasteiger partial charge in [-0.1, -0.05) is 0 Å². The second-order valence-electron chi connectivity index (χ2n) is 3.55. The SMILES string of the molecule is NC(=O)Nc1cc(Br)sc1-c1ccnc(C(F)(F)F)n1. The predicted molar refractivity (Wildman–Crippen MR) is 71.3 cm³/mol. The molecule has 0 aromatic carbocycles. The predicted octanol–water partition coefficient (Wildman–Crippen LogP) is 3.48. The van der Waals surface area contributed by atoms with Crippen molar-refractivity contribution in [3.05, 3.63) is 27.9 Å². The van der Waals surface area contributed by atoms with E-state index in [1.165, 1.54) is 12.1 Å². The summed E-state index contributed by atoms with van der Waals surface area (Å²) in [5.74, 6) is -1.25. The molecule has 2 amide bonds. The molecule has 3 N–H and O–H groups in total. The number of carbonyl (C=O) groups is 1. The van der Waals surface area contributed by atoms with E-state index in [0.29, 0.717) is 8.66 Å². The molecule has 0 radical (unpaired) electrons. The molecule has 0 aliphatic heterocycles. The summed E-state index contributed by atoms with van der Waals surface area (Å²) < 4.78 is 38.4. The Hall–Kier alpha value is -1.68. The highest BCUT2D eigenvalue weighted by molar-refractivity contribution is 9.11. The lowest BCUT2D eigenvalue weighted by Gasteiger charge is -2.07. The van der Waals surface area contributed by atoms with Gasteiger partial charge in [0.1, 0.15) is 0 Å². The number of amides is 2. The molecular weight excluding hydrogens is 361 g/mol. The molecule has 0 saturated heterocycles. The van der Waals surface area contributed by atoms with Gasteiger partial charge in [0.2, 0.25) is 5.82 Å². The quantitative estimate of drug-likeness (QED) is 0.853. The van der Waals surface area contributed by atoms with Crippen LogP contribution in [0.15, 0.2) is 22.1 Å². The first-order valence-corrected chi connectivity index (χ1v) is 6.64. The molecule has 2 aromatic heterocycles. The Morgan fingerprint density at radius 3 is 2.75 bits per heavy atom. The number of primary amides is 1. The fourth-order valence-electron chi connectivity index (χ4n) is 1.40. The van der Waals surface area contributed by atoms with E-state index in [1.807, 2.05) is 0 Å². The summed E-state index contributed by atoms with van der Waals surface area (Å²) >= 11 is 4.31. The number of alkyl halides is 3. The number of nitrogens with zero attached hydrogens (tertiary/aromatic N) is 2. The van der Waals surface area contributed by atoms with Crippen LogP contribution in [0.4, 0.5) is 23.7 Å². The third-order valence-electron chi connectivity index (χ3n) is 2.10. The van der Waals surface area contributed by atoms with Crippen LogP contribution in [0.3, 0.4) is 0 Å². The fourth-order valence-corrected chi connectivity index (χ4v) is 2.92. The molecule has 106 valence electrons. The molecule has 0 saturated carbocycles. The van der Waals surface area contributed by atoms with Gasteiger partial charge in [-0.25, -0.2) is 14.8 Å². The largest absolute Gasteiger partial charge is 0.451 e. The molecule has 2 heterocycles. The van der Waals surface area contributed by atoms with Crippen molar-refractivity contribution in [3.63, 3.8) is 0 Å². The maximum Gasteiger partial charge on any atom is 0.451 e. The first-order chi connectivity index (χ1) is 9.27. The number of nitrogens with one attached hydrogen (secondary N) is 1. The van der Waals surface area contributed by atoms with E-state index in [-0.39, 0.29) is 11.4 Å². The Labute approximate surface area is 123 Å². The smallest absolute Gasteiger partial charge is 0.351 e.